The Morgan fingerprint density at radius 1 is 1.19 bits per heavy atom. The van der Waals surface area contributed by atoms with E-state index in [9.17, 15) is 4.79 Å². The fourth-order valence-electron chi connectivity index (χ4n) is 2.54. The first kappa shape index (κ1) is 16.4. The molecule has 1 aliphatic heterocycles. The van der Waals surface area contributed by atoms with E-state index in [1.54, 1.807) is 12.4 Å². The molecule has 0 fully saturated rings. The van der Waals surface area contributed by atoms with Gasteiger partial charge in [0.25, 0.3) is 0 Å². The molecule has 7 heteroatoms. The number of fused-ring (bicyclic) bond motifs is 2. The maximum absolute atomic E-state index is 12.0. The van der Waals surface area contributed by atoms with Crippen LogP contribution in [0.2, 0.25) is 0 Å². The molecule has 130 valence electrons. The predicted molar refractivity (Wildman–Crippen MR) is 101 cm³/mol. The van der Waals surface area contributed by atoms with Gasteiger partial charge in [-0.05, 0) is 35.9 Å². The van der Waals surface area contributed by atoms with Crippen LogP contribution in [-0.2, 0) is 4.79 Å². The Morgan fingerprint density at radius 2 is 2.08 bits per heavy atom. The van der Waals surface area contributed by atoms with E-state index in [0.717, 1.165) is 21.4 Å². The molecule has 1 aromatic heterocycles. The van der Waals surface area contributed by atoms with Gasteiger partial charge in [-0.3, -0.25) is 9.78 Å². The maximum atomic E-state index is 12.0. The van der Waals surface area contributed by atoms with Crippen LogP contribution in [0.25, 0.3) is 10.9 Å². The first-order valence-electron chi connectivity index (χ1n) is 7.98. The Kier molecular flexibility index (Phi) is 4.70. The van der Waals surface area contributed by atoms with Crippen LogP contribution in [0.1, 0.15) is 5.56 Å². The summed E-state index contributed by atoms with van der Waals surface area (Å²) in [5.41, 5.74) is 4.25. The Bertz CT molecular complexity index is 985. The highest BCUT2D eigenvalue weighted by atomic mass is 32.2. The van der Waals surface area contributed by atoms with Crippen LogP contribution in [0.5, 0.6) is 11.5 Å². The summed E-state index contributed by atoms with van der Waals surface area (Å²) in [6, 6.07) is 15.3. The fraction of sp³-hybridized carbons (Fsp3) is 0.105. The van der Waals surface area contributed by atoms with Gasteiger partial charge in [0.2, 0.25) is 12.7 Å². The molecular weight excluding hydrogens is 350 g/mol. The lowest BCUT2D eigenvalue weighted by Gasteiger charge is -2.04. The molecule has 2 aromatic carbocycles. The molecule has 0 aliphatic carbocycles. The van der Waals surface area contributed by atoms with Gasteiger partial charge in [0.15, 0.2) is 11.5 Å². The molecule has 4 rings (SSSR count). The van der Waals surface area contributed by atoms with Crippen LogP contribution in [0.3, 0.4) is 0 Å². The van der Waals surface area contributed by atoms with Gasteiger partial charge in [-0.25, -0.2) is 5.43 Å². The zero-order chi connectivity index (χ0) is 17.8. The number of benzene rings is 2. The largest absolute Gasteiger partial charge is 0.454 e. The number of thioether (sulfide) groups is 1. The third kappa shape index (κ3) is 3.62. The molecule has 6 nitrogen and oxygen atoms in total. The van der Waals surface area contributed by atoms with Gasteiger partial charge in [0.05, 0.1) is 17.5 Å². The van der Waals surface area contributed by atoms with E-state index >= 15 is 0 Å². The minimum absolute atomic E-state index is 0.181. The fourth-order valence-corrected chi connectivity index (χ4v) is 3.37. The second-order valence-corrected chi connectivity index (χ2v) is 6.54. The summed E-state index contributed by atoms with van der Waals surface area (Å²) >= 11 is 1.44. The lowest BCUT2D eigenvalue weighted by atomic mass is 10.2. The van der Waals surface area contributed by atoms with E-state index in [1.807, 2.05) is 48.5 Å². The van der Waals surface area contributed by atoms with Gasteiger partial charge < -0.3 is 9.47 Å². The molecule has 0 spiro atoms. The molecule has 0 atom stereocenters. The standard InChI is InChI=1S/C19H15N3O3S/c23-18(11-26-17-5-1-3-14-4-2-8-20-19(14)17)22-21-10-13-6-7-15-16(9-13)25-12-24-15/h1-10H,11-12H2,(H,22,23)/b21-10-. The van der Waals surface area contributed by atoms with E-state index in [4.69, 9.17) is 9.47 Å². The van der Waals surface area contributed by atoms with Crippen molar-refractivity contribution in [2.45, 2.75) is 4.90 Å². The van der Waals surface area contributed by atoms with E-state index in [1.165, 1.54) is 11.8 Å². The summed E-state index contributed by atoms with van der Waals surface area (Å²) in [6.45, 7) is 0.229. The average molecular weight is 365 g/mol. The van der Waals surface area contributed by atoms with Gasteiger partial charge in [-0.15, -0.1) is 11.8 Å². The molecule has 3 aromatic rings. The molecular formula is C19H15N3O3S. The molecule has 0 bridgehead atoms. The van der Waals surface area contributed by atoms with E-state index in [2.05, 4.69) is 15.5 Å². The molecule has 1 N–H and O–H groups in total. The summed E-state index contributed by atoms with van der Waals surface area (Å²) in [5.74, 6) is 1.47. The third-order valence-electron chi connectivity index (χ3n) is 3.75. The van der Waals surface area contributed by atoms with E-state index < -0.39 is 0 Å². The number of carbonyl (C=O) groups excluding carboxylic acids is 1. The average Bonchev–Trinajstić information content (AvgIpc) is 3.14. The summed E-state index contributed by atoms with van der Waals surface area (Å²) < 4.78 is 10.6. The molecule has 1 amide bonds. The molecule has 0 unspecified atom stereocenters. The van der Waals surface area contributed by atoms with Crippen molar-refractivity contribution in [1.29, 1.82) is 0 Å². The smallest absolute Gasteiger partial charge is 0.250 e. The van der Waals surface area contributed by atoms with Crippen LogP contribution in [0, 0.1) is 0 Å². The number of rotatable bonds is 5. The minimum Gasteiger partial charge on any atom is -0.454 e. The van der Waals surface area contributed by atoms with Gasteiger partial charge >= 0.3 is 0 Å². The summed E-state index contributed by atoms with van der Waals surface area (Å²) in [5, 5.41) is 5.05. The number of hydrogen-bond donors (Lipinski definition) is 1. The van der Waals surface area contributed by atoms with Gasteiger partial charge in [0.1, 0.15) is 0 Å². The third-order valence-corrected chi connectivity index (χ3v) is 4.80. The topological polar surface area (TPSA) is 72.8 Å². The Balaban J connectivity index is 1.34. The van der Waals surface area contributed by atoms with Crippen molar-refractivity contribution in [2.24, 2.45) is 5.10 Å². The number of amides is 1. The van der Waals surface area contributed by atoms with E-state index in [-0.39, 0.29) is 18.5 Å². The van der Waals surface area contributed by atoms with Crippen LogP contribution in [-0.4, -0.2) is 29.7 Å². The van der Waals surface area contributed by atoms with Gasteiger partial charge in [-0.1, -0.05) is 18.2 Å². The number of para-hydroxylation sites is 1. The lowest BCUT2D eigenvalue weighted by molar-refractivity contribution is -0.118. The summed E-state index contributed by atoms with van der Waals surface area (Å²) in [6.07, 6.45) is 3.33. The normalized spacial score (nSPS) is 12.6. The van der Waals surface area contributed by atoms with Crippen molar-refractivity contribution >= 4 is 34.8 Å². The van der Waals surface area contributed by atoms with Crippen molar-refractivity contribution < 1.29 is 14.3 Å². The molecule has 0 radical (unpaired) electrons. The zero-order valence-corrected chi connectivity index (χ0v) is 14.5. The Labute approximate surface area is 154 Å². The summed E-state index contributed by atoms with van der Waals surface area (Å²) in [4.78, 5) is 17.4. The van der Waals surface area contributed by atoms with Crippen LogP contribution >= 0.6 is 11.8 Å². The number of hydrogen-bond acceptors (Lipinski definition) is 6. The highest BCUT2D eigenvalue weighted by Gasteiger charge is 2.12. The van der Waals surface area contributed by atoms with E-state index in [0.29, 0.717) is 11.5 Å². The van der Waals surface area contributed by atoms with Gasteiger partial charge in [0, 0.05) is 16.5 Å². The number of carbonyl (C=O) groups is 1. The second kappa shape index (κ2) is 7.45. The molecule has 0 saturated carbocycles. The van der Waals surface area contributed by atoms with Crippen molar-refractivity contribution in [3.8, 4) is 11.5 Å². The van der Waals surface area contributed by atoms with Gasteiger partial charge in [-0.2, -0.15) is 5.10 Å². The van der Waals surface area contributed by atoms with Crippen LogP contribution in [0.15, 0.2) is 64.7 Å². The molecule has 2 heterocycles. The quantitative estimate of drug-likeness (QED) is 0.427. The number of ether oxygens (including phenoxy) is 2. The highest BCUT2D eigenvalue weighted by molar-refractivity contribution is 8.00. The van der Waals surface area contributed by atoms with Crippen LogP contribution in [0.4, 0.5) is 0 Å². The van der Waals surface area contributed by atoms with Crippen molar-refractivity contribution in [3.63, 3.8) is 0 Å². The monoisotopic (exact) mass is 365 g/mol. The summed E-state index contributed by atoms with van der Waals surface area (Å²) in [7, 11) is 0. The number of hydrazone groups is 1. The van der Waals surface area contributed by atoms with Crippen LogP contribution < -0.4 is 14.9 Å². The second-order valence-electron chi connectivity index (χ2n) is 5.53. The highest BCUT2D eigenvalue weighted by Crippen LogP contribution is 2.32. The minimum atomic E-state index is -0.181. The Morgan fingerprint density at radius 3 is 3.04 bits per heavy atom. The number of nitrogens with one attached hydrogen (secondary N) is 1. The van der Waals surface area contributed by atoms with Crippen molar-refractivity contribution in [3.05, 3.63) is 60.3 Å². The molecule has 26 heavy (non-hydrogen) atoms. The molecule has 0 saturated heterocycles. The maximum Gasteiger partial charge on any atom is 0.250 e. The first-order valence-corrected chi connectivity index (χ1v) is 8.96. The SMILES string of the molecule is O=C(CSc1cccc2cccnc12)N/N=C\c1ccc2c(c1)OCO2. The number of aromatic nitrogens is 1. The first-order chi connectivity index (χ1) is 12.8. The lowest BCUT2D eigenvalue weighted by Crippen LogP contribution is -2.19. The molecule has 1 aliphatic rings. The van der Waals surface area contributed by atoms with Crippen molar-refractivity contribution in [1.82, 2.24) is 10.4 Å². The predicted octanol–water partition coefficient (Wildman–Crippen LogP) is 3.21. The zero-order valence-electron chi connectivity index (χ0n) is 13.7. The number of pyridine rings is 1. The number of nitrogens with zero attached hydrogens (tertiary/aromatic N) is 2. The van der Waals surface area contributed by atoms with Crippen molar-refractivity contribution in [2.75, 3.05) is 12.5 Å². The Hall–Kier alpha value is -3.06.